The molecule has 3 aromatic rings. The van der Waals surface area contributed by atoms with Crippen molar-refractivity contribution in [3.8, 4) is 11.5 Å². The normalized spacial score (nSPS) is 12.5. The molecule has 11 heteroatoms. The molecule has 0 spiro atoms. The lowest BCUT2D eigenvalue weighted by Gasteiger charge is -2.19. The third kappa shape index (κ3) is 6.43. The Kier molecular flexibility index (Phi) is 8.08. The molecule has 7 nitrogen and oxygen atoms in total. The number of ether oxygens (including phenoxy) is 2. The minimum atomic E-state index is -4.43. The number of hydrogen-bond donors (Lipinski definition) is 1. The van der Waals surface area contributed by atoms with Crippen LogP contribution in [0.4, 0.5) is 18.9 Å². The van der Waals surface area contributed by atoms with Gasteiger partial charge in [-0.2, -0.15) is 13.2 Å². The van der Waals surface area contributed by atoms with Gasteiger partial charge in [0.1, 0.15) is 11.5 Å². The van der Waals surface area contributed by atoms with E-state index in [0.29, 0.717) is 16.7 Å². The van der Waals surface area contributed by atoms with Gasteiger partial charge in [0, 0.05) is 11.7 Å². The van der Waals surface area contributed by atoms with Crippen LogP contribution in [0.3, 0.4) is 0 Å². The van der Waals surface area contributed by atoms with Crippen molar-refractivity contribution in [1.82, 2.24) is 14.8 Å². The van der Waals surface area contributed by atoms with Gasteiger partial charge in [-0.05, 0) is 69.3 Å². The average molecular weight is 495 g/mol. The standard InChI is InChI=1S/C23H25F3N4O3S/c1-14(2)30-21(15(3)33-19-11-9-18(32-4)10-12-19)28-29-22(30)34-13-20(31)27-17-7-5-16(6-8-17)23(24,25)26/h5-12,14-15H,13H2,1-4H3,(H,27,31). The highest BCUT2D eigenvalue weighted by Crippen LogP contribution is 2.30. The van der Waals surface area contributed by atoms with Crippen LogP contribution in [0.15, 0.2) is 53.7 Å². The molecular formula is C23H25F3N4O3S. The molecule has 0 aliphatic heterocycles. The zero-order valence-corrected chi connectivity index (χ0v) is 19.9. The Hall–Kier alpha value is -3.21. The van der Waals surface area contributed by atoms with Crippen LogP contribution in [0.1, 0.15) is 44.3 Å². The molecule has 2 aromatic carbocycles. The first kappa shape index (κ1) is 25.4. The van der Waals surface area contributed by atoms with Crippen LogP contribution in [0.5, 0.6) is 11.5 Å². The van der Waals surface area contributed by atoms with Crippen LogP contribution in [0.25, 0.3) is 0 Å². The molecule has 1 unspecified atom stereocenters. The van der Waals surface area contributed by atoms with Crippen molar-refractivity contribution >= 4 is 23.4 Å². The number of nitrogens with zero attached hydrogens (tertiary/aromatic N) is 3. The van der Waals surface area contributed by atoms with Crippen molar-refractivity contribution in [2.45, 2.75) is 44.2 Å². The first-order valence-electron chi connectivity index (χ1n) is 10.4. The molecule has 34 heavy (non-hydrogen) atoms. The lowest BCUT2D eigenvalue weighted by molar-refractivity contribution is -0.137. The fraction of sp³-hybridized carbons (Fsp3) is 0.348. The molecular weight excluding hydrogens is 469 g/mol. The van der Waals surface area contributed by atoms with Crippen LogP contribution in [0, 0.1) is 0 Å². The number of hydrogen-bond acceptors (Lipinski definition) is 6. The first-order chi connectivity index (χ1) is 16.1. The number of aromatic nitrogens is 3. The van der Waals surface area contributed by atoms with Crippen molar-refractivity contribution in [2.75, 3.05) is 18.2 Å². The predicted molar refractivity (Wildman–Crippen MR) is 123 cm³/mol. The summed E-state index contributed by atoms with van der Waals surface area (Å²) in [5.74, 6) is 1.62. The van der Waals surface area contributed by atoms with Crippen LogP contribution in [0.2, 0.25) is 0 Å². The van der Waals surface area contributed by atoms with E-state index in [9.17, 15) is 18.0 Å². The van der Waals surface area contributed by atoms with Gasteiger partial charge in [0.25, 0.3) is 0 Å². The first-order valence-corrected chi connectivity index (χ1v) is 11.4. The molecule has 0 saturated carbocycles. The van der Waals surface area contributed by atoms with Crippen molar-refractivity contribution in [2.24, 2.45) is 0 Å². The third-order valence-corrected chi connectivity index (χ3v) is 5.71. The van der Waals surface area contributed by atoms with Crippen molar-refractivity contribution in [3.63, 3.8) is 0 Å². The van der Waals surface area contributed by atoms with E-state index < -0.39 is 17.8 Å². The second kappa shape index (κ2) is 10.8. The molecule has 1 atom stereocenters. The van der Waals surface area contributed by atoms with E-state index in [1.165, 1.54) is 23.9 Å². The van der Waals surface area contributed by atoms with Crippen LogP contribution < -0.4 is 14.8 Å². The zero-order chi connectivity index (χ0) is 24.9. The van der Waals surface area contributed by atoms with Crippen LogP contribution in [-0.4, -0.2) is 33.5 Å². The van der Waals surface area contributed by atoms with Gasteiger partial charge in [-0.25, -0.2) is 0 Å². The maximum absolute atomic E-state index is 12.7. The van der Waals surface area contributed by atoms with Gasteiger partial charge in [0.05, 0.1) is 18.4 Å². The number of benzene rings is 2. The molecule has 1 aromatic heterocycles. The van der Waals surface area contributed by atoms with Crippen LogP contribution in [-0.2, 0) is 11.0 Å². The molecule has 0 fully saturated rings. The number of carbonyl (C=O) groups excluding carboxylic acids is 1. The Morgan fingerprint density at radius 1 is 1.03 bits per heavy atom. The number of alkyl halides is 3. The number of carbonyl (C=O) groups is 1. The van der Waals surface area contributed by atoms with E-state index in [0.717, 1.165) is 17.9 Å². The predicted octanol–water partition coefficient (Wildman–Crippen LogP) is 5.76. The third-order valence-electron chi connectivity index (χ3n) is 4.77. The Bertz CT molecular complexity index is 1100. The summed E-state index contributed by atoms with van der Waals surface area (Å²) in [4.78, 5) is 12.3. The van der Waals surface area contributed by atoms with E-state index in [1.54, 1.807) is 31.4 Å². The molecule has 0 aliphatic rings. The van der Waals surface area contributed by atoms with E-state index >= 15 is 0 Å². The lowest BCUT2D eigenvalue weighted by atomic mass is 10.2. The molecule has 1 N–H and O–H groups in total. The van der Waals surface area contributed by atoms with Gasteiger partial charge >= 0.3 is 6.18 Å². The van der Waals surface area contributed by atoms with Gasteiger partial charge in [0.15, 0.2) is 17.1 Å². The van der Waals surface area contributed by atoms with Crippen molar-refractivity contribution in [1.29, 1.82) is 0 Å². The summed E-state index contributed by atoms with van der Waals surface area (Å²) in [7, 11) is 1.59. The molecule has 1 amide bonds. The summed E-state index contributed by atoms with van der Waals surface area (Å²) in [6.07, 6.45) is -4.83. The summed E-state index contributed by atoms with van der Waals surface area (Å²) in [6.45, 7) is 5.80. The topological polar surface area (TPSA) is 78.3 Å². The molecule has 0 aliphatic carbocycles. The lowest BCUT2D eigenvalue weighted by Crippen LogP contribution is -2.16. The van der Waals surface area contributed by atoms with E-state index in [-0.39, 0.29) is 23.4 Å². The quantitative estimate of drug-likeness (QED) is 0.381. The smallest absolute Gasteiger partial charge is 0.416 e. The fourth-order valence-electron chi connectivity index (χ4n) is 3.13. The number of amides is 1. The summed E-state index contributed by atoms with van der Waals surface area (Å²) < 4.78 is 51.1. The van der Waals surface area contributed by atoms with Crippen LogP contribution >= 0.6 is 11.8 Å². The number of thioether (sulfide) groups is 1. The molecule has 0 radical (unpaired) electrons. The summed E-state index contributed by atoms with van der Waals surface area (Å²) in [5, 5.41) is 11.6. The molecule has 0 saturated heterocycles. The van der Waals surface area contributed by atoms with E-state index in [4.69, 9.17) is 9.47 Å². The Morgan fingerprint density at radius 2 is 1.65 bits per heavy atom. The summed E-state index contributed by atoms with van der Waals surface area (Å²) in [6, 6.07) is 11.5. The Labute approximate surface area is 199 Å². The number of halogens is 3. The van der Waals surface area contributed by atoms with E-state index in [1.807, 2.05) is 25.3 Å². The number of nitrogens with one attached hydrogen (secondary N) is 1. The van der Waals surface area contributed by atoms with Crippen molar-refractivity contribution in [3.05, 3.63) is 59.9 Å². The Balaban J connectivity index is 1.64. The highest BCUT2D eigenvalue weighted by atomic mass is 32.2. The zero-order valence-electron chi connectivity index (χ0n) is 19.1. The maximum atomic E-state index is 12.7. The number of anilines is 1. The average Bonchev–Trinajstić information content (AvgIpc) is 3.22. The second-order valence-electron chi connectivity index (χ2n) is 7.65. The van der Waals surface area contributed by atoms with Gasteiger partial charge in [-0.1, -0.05) is 11.8 Å². The van der Waals surface area contributed by atoms with Gasteiger partial charge in [0.2, 0.25) is 5.91 Å². The van der Waals surface area contributed by atoms with Gasteiger partial charge in [-0.3, -0.25) is 4.79 Å². The summed E-state index contributed by atoms with van der Waals surface area (Å²) in [5.41, 5.74) is -0.491. The number of rotatable bonds is 9. The van der Waals surface area contributed by atoms with Gasteiger partial charge in [-0.15, -0.1) is 10.2 Å². The number of methoxy groups -OCH3 is 1. The highest BCUT2D eigenvalue weighted by Gasteiger charge is 2.30. The molecule has 182 valence electrons. The Morgan fingerprint density at radius 3 is 2.21 bits per heavy atom. The maximum Gasteiger partial charge on any atom is 0.416 e. The van der Waals surface area contributed by atoms with E-state index in [2.05, 4.69) is 15.5 Å². The molecule has 1 heterocycles. The highest BCUT2D eigenvalue weighted by molar-refractivity contribution is 7.99. The second-order valence-corrected chi connectivity index (χ2v) is 8.59. The molecule has 3 rings (SSSR count). The van der Waals surface area contributed by atoms with Gasteiger partial charge < -0.3 is 19.4 Å². The summed E-state index contributed by atoms with van der Waals surface area (Å²) >= 11 is 1.18. The molecule has 0 bridgehead atoms. The minimum absolute atomic E-state index is 0.00684. The fourth-order valence-corrected chi connectivity index (χ4v) is 4.00. The monoisotopic (exact) mass is 494 g/mol. The minimum Gasteiger partial charge on any atom is -0.497 e. The van der Waals surface area contributed by atoms with Crippen molar-refractivity contribution < 1.29 is 27.4 Å². The SMILES string of the molecule is COc1ccc(OC(C)c2nnc(SCC(=O)Nc3ccc(C(F)(F)F)cc3)n2C(C)C)cc1. The largest absolute Gasteiger partial charge is 0.497 e.